The molecule has 134 valence electrons. The van der Waals surface area contributed by atoms with Gasteiger partial charge in [0.05, 0.1) is 4.70 Å². The minimum absolute atomic E-state index is 0.0317. The van der Waals surface area contributed by atoms with Gasteiger partial charge in [0.25, 0.3) is 5.91 Å². The second kappa shape index (κ2) is 7.38. The first-order chi connectivity index (χ1) is 11.9. The van der Waals surface area contributed by atoms with E-state index in [0.29, 0.717) is 5.92 Å². The summed E-state index contributed by atoms with van der Waals surface area (Å²) in [6.45, 7) is -0.493. The SMILES string of the molecule is O=C(COC(=O)CC1CCCC1)Nc1nc2c(F)c(F)c(F)cc2s1. The van der Waals surface area contributed by atoms with Crippen LogP contribution in [0.25, 0.3) is 10.2 Å². The molecule has 0 aliphatic heterocycles. The van der Waals surface area contributed by atoms with E-state index in [1.165, 1.54) is 0 Å². The zero-order chi connectivity index (χ0) is 18.0. The second-order valence-electron chi connectivity index (χ2n) is 5.92. The zero-order valence-corrected chi connectivity index (χ0v) is 13.9. The number of rotatable bonds is 5. The number of ether oxygens (including phenoxy) is 1. The molecule has 5 nitrogen and oxygen atoms in total. The highest BCUT2D eigenvalue weighted by Crippen LogP contribution is 2.30. The van der Waals surface area contributed by atoms with Crippen molar-refractivity contribution >= 4 is 38.6 Å². The van der Waals surface area contributed by atoms with Gasteiger partial charge in [-0.25, -0.2) is 18.2 Å². The second-order valence-corrected chi connectivity index (χ2v) is 6.95. The lowest BCUT2D eigenvalue weighted by Crippen LogP contribution is -2.21. The summed E-state index contributed by atoms with van der Waals surface area (Å²) in [7, 11) is 0. The number of aromatic nitrogens is 1. The van der Waals surface area contributed by atoms with Crippen molar-refractivity contribution in [3.8, 4) is 0 Å². The molecule has 1 saturated carbocycles. The topological polar surface area (TPSA) is 68.3 Å². The van der Waals surface area contributed by atoms with Crippen LogP contribution in [0, 0.1) is 23.4 Å². The van der Waals surface area contributed by atoms with Gasteiger partial charge in [-0.3, -0.25) is 14.9 Å². The summed E-state index contributed by atoms with van der Waals surface area (Å²) in [5, 5.41) is 2.29. The van der Waals surface area contributed by atoms with Crippen LogP contribution in [0.5, 0.6) is 0 Å². The number of carbonyl (C=O) groups excluding carboxylic acids is 2. The Morgan fingerprint density at radius 1 is 1.24 bits per heavy atom. The van der Waals surface area contributed by atoms with E-state index in [-0.39, 0.29) is 21.8 Å². The summed E-state index contributed by atoms with van der Waals surface area (Å²) in [4.78, 5) is 27.2. The van der Waals surface area contributed by atoms with Crippen LogP contribution in [-0.2, 0) is 14.3 Å². The number of halogens is 3. The maximum absolute atomic E-state index is 13.6. The fourth-order valence-corrected chi connectivity index (χ4v) is 3.74. The van der Waals surface area contributed by atoms with Crippen LogP contribution in [0.2, 0.25) is 0 Å². The molecule has 1 amide bonds. The van der Waals surface area contributed by atoms with Crippen LogP contribution >= 0.6 is 11.3 Å². The van der Waals surface area contributed by atoms with Gasteiger partial charge in [0, 0.05) is 6.42 Å². The first-order valence-electron chi connectivity index (χ1n) is 7.83. The predicted octanol–water partition coefficient (Wildman–Crippen LogP) is 3.78. The van der Waals surface area contributed by atoms with E-state index in [9.17, 15) is 22.8 Å². The number of thiazole rings is 1. The van der Waals surface area contributed by atoms with Crippen LogP contribution in [-0.4, -0.2) is 23.5 Å². The Bertz CT molecular complexity index is 819. The Kier molecular flexibility index (Phi) is 5.22. The number of anilines is 1. The molecule has 0 radical (unpaired) electrons. The smallest absolute Gasteiger partial charge is 0.306 e. The Morgan fingerprint density at radius 3 is 2.68 bits per heavy atom. The molecule has 1 heterocycles. The van der Waals surface area contributed by atoms with Gasteiger partial charge in [-0.2, -0.15) is 0 Å². The van der Waals surface area contributed by atoms with Crippen molar-refractivity contribution in [2.45, 2.75) is 32.1 Å². The molecule has 9 heteroatoms. The van der Waals surface area contributed by atoms with Crippen molar-refractivity contribution in [2.24, 2.45) is 5.92 Å². The molecule has 1 aromatic carbocycles. The molecule has 2 aromatic rings. The van der Waals surface area contributed by atoms with Gasteiger partial charge < -0.3 is 4.74 Å². The van der Waals surface area contributed by atoms with E-state index in [1.54, 1.807) is 0 Å². The summed E-state index contributed by atoms with van der Waals surface area (Å²) >= 11 is 0.793. The lowest BCUT2D eigenvalue weighted by molar-refractivity contribution is -0.148. The number of benzene rings is 1. The highest BCUT2D eigenvalue weighted by atomic mass is 32.1. The van der Waals surface area contributed by atoms with Crippen LogP contribution in [0.15, 0.2) is 6.07 Å². The quantitative estimate of drug-likeness (QED) is 0.641. The molecule has 0 atom stereocenters. The van der Waals surface area contributed by atoms with E-state index in [0.717, 1.165) is 43.1 Å². The third-order valence-corrected chi connectivity index (χ3v) is 4.98. The van der Waals surface area contributed by atoms with E-state index in [1.807, 2.05) is 0 Å². The normalized spacial score (nSPS) is 14.8. The van der Waals surface area contributed by atoms with E-state index < -0.39 is 35.9 Å². The lowest BCUT2D eigenvalue weighted by Gasteiger charge is -2.08. The van der Waals surface area contributed by atoms with Crippen molar-refractivity contribution in [2.75, 3.05) is 11.9 Å². The largest absolute Gasteiger partial charge is 0.456 e. The van der Waals surface area contributed by atoms with Crippen LogP contribution in [0.3, 0.4) is 0 Å². The molecule has 1 fully saturated rings. The Labute approximate surface area is 145 Å². The molecule has 0 unspecified atom stereocenters. The minimum atomic E-state index is -1.61. The Morgan fingerprint density at radius 2 is 1.96 bits per heavy atom. The van der Waals surface area contributed by atoms with Gasteiger partial charge in [0.2, 0.25) is 0 Å². The number of carbonyl (C=O) groups is 2. The van der Waals surface area contributed by atoms with Crippen molar-refractivity contribution in [3.63, 3.8) is 0 Å². The van der Waals surface area contributed by atoms with Gasteiger partial charge in [-0.15, -0.1) is 0 Å². The van der Waals surface area contributed by atoms with Crippen LogP contribution in [0.1, 0.15) is 32.1 Å². The summed E-state index contributed by atoms with van der Waals surface area (Å²) in [6, 6.07) is 0.808. The first kappa shape index (κ1) is 17.7. The van der Waals surface area contributed by atoms with E-state index in [2.05, 4.69) is 10.3 Å². The lowest BCUT2D eigenvalue weighted by atomic mass is 10.1. The van der Waals surface area contributed by atoms with Crippen molar-refractivity contribution in [1.82, 2.24) is 4.98 Å². The minimum Gasteiger partial charge on any atom is -0.456 e. The summed E-state index contributed by atoms with van der Waals surface area (Å²) in [5.74, 6) is -5.13. The molecule has 1 aromatic heterocycles. The maximum Gasteiger partial charge on any atom is 0.306 e. The van der Waals surface area contributed by atoms with Gasteiger partial charge in [0.1, 0.15) is 5.52 Å². The summed E-state index contributed by atoms with van der Waals surface area (Å²) < 4.78 is 44.9. The number of amides is 1. The van der Waals surface area contributed by atoms with E-state index in [4.69, 9.17) is 4.74 Å². The van der Waals surface area contributed by atoms with Crippen molar-refractivity contribution in [1.29, 1.82) is 0 Å². The fourth-order valence-electron chi connectivity index (χ4n) is 2.84. The number of nitrogens with one attached hydrogen (secondary N) is 1. The predicted molar refractivity (Wildman–Crippen MR) is 85.7 cm³/mol. The van der Waals surface area contributed by atoms with Gasteiger partial charge >= 0.3 is 5.97 Å². The average Bonchev–Trinajstić information content (AvgIpc) is 3.20. The van der Waals surface area contributed by atoms with Crippen LogP contribution < -0.4 is 5.32 Å². The highest BCUT2D eigenvalue weighted by Gasteiger charge is 2.21. The Hall–Kier alpha value is -2.16. The van der Waals surface area contributed by atoms with Crippen LogP contribution in [0.4, 0.5) is 18.3 Å². The highest BCUT2D eigenvalue weighted by molar-refractivity contribution is 7.22. The monoisotopic (exact) mass is 372 g/mol. The van der Waals surface area contributed by atoms with E-state index >= 15 is 0 Å². The number of nitrogens with zero attached hydrogens (tertiary/aromatic N) is 1. The fraction of sp³-hybridized carbons (Fsp3) is 0.438. The molecule has 0 spiro atoms. The third kappa shape index (κ3) is 4.09. The number of fused-ring (bicyclic) bond motifs is 1. The first-order valence-corrected chi connectivity index (χ1v) is 8.65. The van der Waals surface area contributed by atoms with Crippen molar-refractivity contribution < 1.29 is 27.5 Å². The van der Waals surface area contributed by atoms with Crippen molar-refractivity contribution in [3.05, 3.63) is 23.5 Å². The van der Waals surface area contributed by atoms with Gasteiger partial charge in [-0.1, -0.05) is 24.2 Å². The molecule has 0 bridgehead atoms. The molecular formula is C16H15F3N2O3S. The van der Waals surface area contributed by atoms with Gasteiger partial charge in [0.15, 0.2) is 29.2 Å². The number of esters is 1. The third-order valence-electron chi connectivity index (χ3n) is 4.06. The number of hydrogen-bond acceptors (Lipinski definition) is 5. The van der Waals surface area contributed by atoms with Gasteiger partial charge in [-0.05, 0) is 24.8 Å². The average molecular weight is 372 g/mol. The number of hydrogen-bond donors (Lipinski definition) is 1. The molecule has 1 aliphatic rings. The molecule has 0 saturated heterocycles. The Balaban J connectivity index is 1.56. The molecule has 1 N–H and O–H groups in total. The maximum atomic E-state index is 13.6. The molecule has 25 heavy (non-hydrogen) atoms. The zero-order valence-electron chi connectivity index (χ0n) is 13.1. The summed E-state index contributed by atoms with van der Waals surface area (Å²) in [5.41, 5.74) is -0.363. The summed E-state index contributed by atoms with van der Waals surface area (Å²) in [6.07, 6.45) is 4.48. The molecular weight excluding hydrogens is 357 g/mol. The molecule has 1 aliphatic carbocycles. The molecule has 3 rings (SSSR count). The standard InChI is InChI=1S/C16H15F3N2O3S/c17-9-6-10-15(14(19)13(9)18)21-16(25-10)20-11(22)7-24-12(23)5-8-3-1-2-4-8/h6,8H,1-5,7H2,(H,20,21,22).